The van der Waals surface area contributed by atoms with Crippen molar-refractivity contribution in [1.29, 1.82) is 10.8 Å². The molecule has 3 rings (SSSR count). The minimum absolute atomic E-state index is 0.0132. The summed E-state index contributed by atoms with van der Waals surface area (Å²) in [7, 11) is 1.70. The number of nitrogens with zero attached hydrogens (tertiary/aromatic N) is 1. The molecule has 170 valence electrons. The number of halogens is 3. The van der Waals surface area contributed by atoms with E-state index in [-0.39, 0.29) is 28.6 Å². The van der Waals surface area contributed by atoms with E-state index in [1.165, 1.54) is 12.2 Å². The van der Waals surface area contributed by atoms with Gasteiger partial charge in [-0.3, -0.25) is 10.2 Å². The van der Waals surface area contributed by atoms with Gasteiger partial charge in [0.2, 0.25) is 5.90 Å². The first kappa shape index (κ1) is 24.0. The van der Waals surface area contributed by atoms with E-state index in [9.17, 15) is 13.6 Å². The fourth-order valence-corrected chi connectivity index (χ4v) is 3.23. The Hall–Kier alpha value is -3.66. The SMILES string of the molecule is CN/C=C1/C=C(NC(=O)/C(=C2/N=C(OCC(F)F)C=CC2=N)c2ccc(Br)cc2)C=CC1=N. The average Bonchev–Trinajstić information content (AvgIpc) is 2.78. The standard InChI is InChI=1S/C23H20BrF2N5O2/c1-29-11-14-10-16(6-7-17(14)27)30-23(32)21(13-2-4-15(24)5-3-13)22-18(28)8-9-20(31-22)33-12-19(25)26/h2-11,19,27-29H,12H2,1H3,(H,30,32)/b14-11-,22-21+,27-17?,28-18?. The van der Waals surface area contributed by atoms with Crippen LogP contribution in [0.4, 0.5) is 8.78 Å². The van der Waals surface area contributed by atoms with Crippen LogP contribution in [-0.4, -0.2) is 43.3 Å². The van der Waals surface area contributed by atoms with E-state index in [0.29, 0.717) is 16.8 Å². The Morgan fingerprint density at radius 2 is 1.85 bits per heavy atom. The molecule has 4 N–H and O–H groups in total. The number of ether oxygens (including phenoxy) is 1. The maximum absolute atomic E-state index is 13.4. The number of allylic oxidation sites excluding steroid dienone is 5. The van der Waals surface area contributed by atoms with Crippen LogP contribution in [0.15, 0.2) is 87.3 Å². The molecule has 10 heteroatoms. The molecule has 0 bridgehead atoms. The van der Waals surface area contributed by atoms with Gasteiger partial charge in [-0.25, -0.2) is 13.8 Å². The third-order valence-corrected chi connectivity index (χ3v) is 4.96. The summed E-state index contributed by atoms with van der Waals surface area (Å²) in [5.41, 5.74) is 1.74. The summed E-state index contributed by atoms with van der Waals surface area (Å²) >= 11 is 3.35. The molecule has 7 nitrogen and oxygen atoms in total. The van der Waals surface area contributed by atoms with Crippen LogP contribution in [-0.2, 0) is 9.53 Å². The van der Waals surface area contributed by atoms with Crippen LogP contribution in [0.1, 0.15) is 5.56 Å². The number of carbonyl (C=O) groups excluding carboxylic acids is 1. The first-order chi connectivity index (χ1) is 15.8. The zero-order valence-electron chi connectivity index (χ0n) is 17.5. The second kappa shape index (κ2) is 10.8. The van der Waals surface area contributed by atoms with E-state index in [4.69, 9.17) is 15.6 Å². The highest BCUT2D eigenvalue weighted by Crippen LogP contribution is 2.26. The molecule has 1 heterocycles. The largest absolute Gasteiger partial charge is 0.472 e. The number of hydrogen-bond donors (Lipinski definition) is 4. The van der Waals surface area contributed by atoms with Gasteiger partial charge < -0.3 is 20.8 Å². The monoisotopic (exact) mass is 515 g/mol. The number of carbonyl (C=O) groups is 1. The van der Waals surface area contributed by atoms with Crippen molar-refractivity contribution >= 4 is 44.7 Å². The highest BCUT2D eigenvalue weighted by Gasteiger charge is 2.24. The zero-order chi connectivity index (χ0) is 24.0. The molecule has 0 spiro atoms. The Morgan fingerprint density at radius 1 is 1.15 bits per heavy atom. The zero-order valence-corrected chi connectivity index (χ0v) is 19.0. The number of hydrogen-bond acceptors (Lipinski definition) is 6. The maximum Gasteiger partial charge on any atom is 0.272 e. The lowest BCUT2D eigenvalue weighted by atomic mass is 9.98. The molecule has 1 aromatic rings. The fraction of sp³-hybridized carbons (Fsp3) is 0.130. The Bertz CT molecular complexity index is 1160. The predicted octanol–water partition coefficient (Wildman–Crippen LogP) is 4.12. The number of rotatable bonds is 6. The summed E-state index contributed by atoms with van der Waals surface area (Å²) in [5.74, 6) is -0.675. The van der Waals surface area contributed by atoms with Gasteiger partial charge in [0.15, 0.2) is 6.61 Å². The molecule has 2 aliphatic rings. The van der Waals surface area contributed by atoms with Gasteiger partial charge in [-0.15, -0.1) is 0 Å². The molecular weight excluding hydrogens is 496 g/mol. The van der Waals surface area contributed by atoms with Crippen molar-refractivity contribution in [2.24, 2.45) is 4.99 Å². The van der Waals surface area contributed by atoms with Gasteiger partial charge in [0.1, 0.15) is 5.70 Å². The smallest absolute Gasteiger partial charge is 0.272 e. The Kier molecular flexibility index (Phi) is 7.83. The summed E-state index contributed by atoms with van der Waals surface area (Å²) in [5, 5.41) is 21.9. The van der Waals surface area contributed by atoms with Crippen LogP contribution >= 0.6 is 15.9 Å². The Labute approximate surface area is 197 Å². The average molecular weight is 516 g/mol. The second-order valence-electron chi connectivity index (χ2n) is 6.82. The minimum atomic E-state index is -2.69. The topological polar surface area (TPSA) is 110 Å². The number of benzene rings is 1. The van der Waals surface area contributed by atoms with Crippen LogP contribution in [0.25, 0.3) is 5.57 Å². The second-order valence-corrected chi connectivity index (χ2v) is 7.73. The molecule has 0 atom stereocenters. The first-order valence-corrected chi connectivity index (χ1v) is 10.5. The lowest BCUT2D eigenvalue weighted by Gasteiger charge is -2.18. The molecule has 0 fully saturated rings. The molecule has 0 saturated heterocycles. The number of dihydropyridines is 1. The van der Waals surface area contributed by atoms with Crippen LogP contribution in [0.2, 0.25) is 0 Å². The minimum Gasteiger partial charge on any atom is -0.472 e. The van der Waals surface area contributed by atoms with Crippen LogP contribution in [0.5, 0.6) is 0 Å². The fourth-order valence-electron chi connectivity index (χ4n) is 2.96. The number of nitrogens with one attached hydrogen (secondary N) is 4. The molecule has 0 aromatic heterocycles. The van der Waals surface area contributed by atoms with Crippen molar-refractivity contribution in [1.82, 2.24) is 10.6 Å². The van der Waals surface area contributed by atoms with E-state index >= 15 is 0 Å². The van der Waals surface area contributed by atoms with E-state index in [1.807, 2.05) is 0 Å². The first-order valence-electron chi connectivity index (χ1n) is 9.73. The van der Waals surface area contributed by atoms with Crippen LogP contribution < -0.4 is 10.6 Å². The summed E-state index contributed by atoms with van der Waals surface area (Å²) in [6, 6.07) is 6.83. The number of aliphatic imine (C=N–C) groups is 1. The lowest BCUT2D eigenvalue weighted by Crippen LogP contribution is -2.27. The maximum atomic E-state index is 13.4. The summed E-state index contributed by atoms with van der Waals surface area (Å²) in [6.07, 6.45) is 6.35. The van der Waals surface area contributed by atoms with Crippen molar-refractivity contribution in [3.05, 3.63) is 87.8 Å². The Morgan fingerprint density at radius 3 is 2.52 bits per heavy atom. The van der Waals surface area contributed by atoms with Crippen molar-refractivity contribution in [2.45, 2.75) is 6.43 Å². The molecule has 1 amide bonds. The number of amides is 1. The Balaban J connectivity index is 2.03. The summed E-state index contributed by atoms with van der Waals surface area (Å²) < 4.78 is 30.9. The molecule has 1 aliphatic carbocycles. The van der Waals surface area contributed by atoms with E-state index < -0.39 is 18.9 Å². The highest BCUT2D eigenvalue weighted by atomic mass is 79.9. The normalized spacial score (nSPS) is 18.3. The van der Waals surface area contributed by atoms with Gasteiger partial charge in [0.05, 0.1) is 17.0 Å². The molecule has 0 radical (unpaired) electrons. The molecule has 1 aromatic carbocycles. The predicted molar refractivity (Wildman–Crippen MR) is 128 cm³/mol. The highest BCUT2D eigenvalue weighted by molar-refractivity contribution is 9.10. The van der Waals surface area contributed by atoms with Gasteiger partial charge >= 0.3 is 0 Å². The summed E-state index contributed by atoms with van der Waals surface area (Å²) in [6.45, 7) is -0.853. The molecular formula is C23H20BrF2N5O2. The van der Waals surface area contributed by atoms with Crippen molar-refractivity contribution in [3.63, 3.8) is 0 Å². The number of alkyl halides is 2. The molecule has 1 aliphatic heterocycles. The quantitative estimate of drug-likeness (QED) is 0.427. The molecule has 0 unspecified atom stereocenters. The van der Waals surface area contributed by atoms with Crippen molar-refractivity contribution < 1.29 is 18.3 Å². The van der Waals surface area contributed by atoms with Gasteiger partial charge in [-0.05, 0) is 42.0 Å². The molecule has 0 saturated carbocycles. The van der Waals surface area contributed by atoms with Gasteiger partial charge in [-0.2, -0.15) is 0 Å². The van der Waals surface area contributed by atoms with E-state index in [2.05, 4.69) is 31.6 Å². The van der Waals surface area contributed by atoms with Crippen molar-refractivity contribution in [3.8, 4) is 0 Å². The third kappa shape index (κ3) is 6.19. The summed E-state index contributed by atoms with van der Waals surface area (Å²) in [4.78, 5) is 17.5. The van der Waals surface area contributed by atoms with E-state index in [0.717, 1.165) is 4.47 Å². The van der Waals surface area contributed by atoms with Crippen LogP contribution in [0, 0.1) is 10.8 Å². The van der Waals surface area contributed by atoms with Gasteiger partial charge in [-0.1, -0.05) is 28.1 Å². The lowest BCUT2D eigenvalue weighted by molar-refractivity contribution is -0.114. The van der Waals surface area contributed by atoms with Crippen LogP contribution in [0.3, 0.4) is 0 Å². The van der Waals surface area contributed by atoms with Crippen molar-refractivity contribution in [2.75, 3.05) is 13.7 Å². The molecule has 33 heavy (non-hydrogen) atoms. The van der Waals surface area contributed by atoms with Gasteiger partial charge in [0, 0.05) is 35.1 Å². The third-order valence-electron chi connectivity index (χ3n) is 4.43. The van der Waals surface area contributed by atoms with E-state index in [1.54, 1.807) is 55.7 Å². The van der Waals surface area contributed by atoms with Gasteiger partial charge in [0.25, 0.3) is 12.3 Å².